The van der Waals surface area contributed by atoms with Gasteiger partial charge in [-0.2, -0.15) is 0 Å². The fourth-order valence-electron chi connectivity index (χ4n) is 2.56. The van der Waals surface area contributed by atoms with E-state index in [0.29, 0.717) is 24.6 Å². The van der Waals surface area contributed by atoms with Crippen LogP contribution in [0.2, 0.25) is 0 Å². The van der Waals surface area contributed by atoms with Gasteiger partial charge < -0.3 is 25.4 Å². The molecule has 0 saturated carbocycles. The van der Waals surface area contributed by atoms with E-state index in [1.165, 1.54) is 0 Å². The van der Waals surface area contributed by atoms with Crippen LogP contribution in [0.25, 0.3) is 0 Å². The SMILES string of the molecule is CN=C(NCc1cccc(C(=O)NC)c1)NCC(C)Oc1cccc(OC)c1. The van der Waals surface area contributed by atoms with Crippen molar-refractivity contribution >= 4 is 11.9 Å². The van der Waals surface area contributed by atoms with Gasteiger partial charge >= 0.3 is 0 Å². The van der Waals surface area contributed by atoms with Crippen molar-refractivity contribution in [3.63, 3.8) is 0 Å². The van der Waals surface area contributed by atoms with Crippen LogP contribution in [0.5, 0.6) is 11.5 Å². The van der Waals surface area contributed by atoms with Crippen molar-refractivity contribution in [3.05, 3.63) is 59.7 Å². The van der Waals surface area contributed by atoms with Crippen LogP contribution in [0.15, 0.2) is 53.5 Å². The van der Waals surface area contributed by atoms with Gasteiger partial charge in [0.15, 0.2) is 5.96 Å². The maximum Gasteiger partial charge on any atom is 0.251 e. The number of hydrogen-bond donors (Lipinski definition) is 3. The molecule has 28 heavy (non-hydrogen) atoms. The molecule has 0 saturated heterocycles. The van der Waals surface area contributed by atoms with Gasteiger partial charge in [-0.15, -0.1) is 0 Å². The molecule has 0 spiro atoms. The lowest BCUT2D eigenvalue weighted by Crippen LogP contribution is -2.41. The topological polar surface area (TPSA) is 84.0 Å². The summed E-state index contributed by atoms with van der Waals surface area (Å²) in [5.74, 6) is 2.07. The van der Waals surface area contributed by atoms with Gasteiger partial charge in [-0.3, -0.25) is 9.79 Å². The third-order valence-corrected chi connectivity index (χ3v) is 4.04. The van der Waals surface area contributed by atoms with Crippen molar-refractivity contribution in [2.45, 2.75) is 19.6 Å². The zero-order valence-electron chi connectivity index (χ0n) is 16.8. The van der Waals surface area contributed by atoms with E-state index in [2.05, 4.69) is 20.9 Å². The van der Waals surface area contributed by atoms with Crippen molar-refractivity contribution in [1.82, 2.24) is 16.0 Å². The van der Waals surface area contributed by atoms with Crippen molar-refractivity contribution in [3.8, 4) is 11.5 Å². The fourth-order valence-corrected chi connectivity index (χ4v) is 2.56. The van der Waals surface area contributed by atoms with Gasteiger partial charge in [-0.05, 0) is 36.8 Å². The molecule has 0 heterocycles. The molecule has 0 aliphatic rings. The first-order valence-corrected chi connectivity index (χ1v) is 9.12. The van der Waals surface area contributed by atoms with Crippen molar-refractivity contribution in [2.24, 2.45) is 4.99 Å². The van der Waals surface area contributed by atoms with Crippen LogP contribution in [0.4, 0.5) is 0 Å². The van der Waals surface area contributed by atoms with Crippen LogP contribution in [0.3, 0.4) is 0 Å². The number of carbonyl (C=O) groups excluding carboxylic acids is 1. The van der Waals surface area contributed by atoms with Gasteiger partial charge in [-0.1, -0.05) is 18.2 Å². The molecule has 0 aliphatic heterocycles. The van der Waals surface area contributed by atoms with Crippen LogP contribution in [-0.2, 0) is 6.54 Å². The van der Waals surface area contributed by atoms with Gasteiger partial charge in [0, 0.05) is 32.3 Å². The van der Waals surface area contributed by atoms with E-state index in [-0.39, 0.29) is 12.0 Å². The third-order valence-electron chi connectivity index (χ3n) is 4.04. The zero-order valence-corrected chi connectivity index (χ0v) is 16.8. The number of guanidine groups is 1. The van der Waals surface area contributed by atoms with E-state index >= 15 is 0 Å². The molecule has 0 bridgehead atoms. The highest BCUT2D eigenvalue weighted by Gasteiger charge is 2.08. The highest BCUT2D eigenvalue weighted by Crippen LogP contribution is 2.19. The number of hydrogen-bond acceptors (Lipinski definition) is 4. The van der Waals surface area contributed by atoms with Crippen LogP contribution < -0.4 is 25.4 Å². The number of ether oxygens (including phenoxy) is 2. The predicted octanol–water partition coefficient (Wildman–Crippen LogP) is 2.19. The molecule has 0 aliphatic carbocycles. The fraction of sp³-hybridized carbons (Fsp3) is 0.333. The molecule has 0 fully saturated rings. The second-order valence-electron chi connectivity index (χ2n) is 6.19. The first kappa shape index (κ1) is 21.1. The molecule has 0 aromatic heterocycles. The number of nitrogens with one attached hydrogen (secondary N) is 3. The molecule has 2 rings (SSSR count). The predicted molar refractivity (Wildman–Crippen MR) is 111 cm³/mol. The van der Waals surface area contributed by atoms with E-state index in [1.807, 2.05) is 49.4 Å². The highest BCUT2D eigenvalue weighted by atomic mass is 16.5. The van der Waals surface area contributed by atoms with E-state index in [0.717, 1.165) is 17.1 Å². The first-order valence-electron chi connectivity index (χ1n) is 9.12. The molecule has 7 heteroatoms. The second-order valence-corrected chi connectivity index (χ2v) is 6.19. The summed E-state index contributed by atoms with van der Waals surface area (Å²) in [6.07, 6.45) is -0.0674. The maximum absolute atomic E-state index is 11.7. The molecule has 1 unspecified atom stereocenters. The Morgan fingerprint density at radius 2 is 1.86 bits per heavy atom. The molecular formula is C21H28N4O3. The minimum Gasteiger partial charge on any atom is -0.497 e. The summed E-state index contributed by atoms with van der Waals surface area (Å²) in [5.41, 5.74) is 1.62. The summed E-state index contributed by atoms with van der Waals surface area (Å²) < 4.78 is 11.1. The Balaban J connectivity index is 1.83. The van der Waals surface area contributed by atoms with E-state index in [4.69, 9.17) is 9.47 Å². The smallest absolute Gasteiger partial charge is 0.251 e. The molecule has 7 nitrogen and oxygen atoms in total. The molecule has 2 aromatic rings. The monoisotopic (exact) mass is 384 g/mol. The minimum atomic E-state index is -0.104. The summed E-state index contributed by atoms with van der Waals surface area (Å²) in [7, 11) is 4.96. The number of benzene rings is 2. The van der Waals surface area contributed by atoms with E-state index < -0.39 is 0 Å². The number of nitrogens with zero attached hydrogens (tertiary/aromatic N) is 1. The van der Waals surface area contributed by atoms with Gasteiger partial charge in [-0.25, -0.2) is 0 Å². The Morgan fingerprint density at radius 3 is 2.57 bits per heavy atom. The quantitative estimate of drug-likeness (QED) is 0.480. The second kappa shape index (κ2) is 10.8. The molecule has 2 aromatic carbocycles. The molecule has 3 N–H and O–H groups in total. The van der Waals surface area contributed by atoms with Gasteiger partial charge in [0.2, 0.25) is 0 Å². The Morgan fingerprint density at radius 1 is 1.11 bits per heavy atom. The van der Waals surface area contributed by atoms with E-state index in [1.54, 1.807) is 27.3 Å². The highest BCUT2D eigenvalue weighted by molar-refractivity contribution is 5.94. The van der Waals surface area contributed by atoms with Crippen LogP contribution >= 0.6 is 0 Å². The lowest BCUT2D eigenvalue weighted by Gasteiger charge is -2.18. The Kier molecular flexibility index (Phi) is 8.14. The number of carbonyl (C=O) groups is 1. The van der Waals surface area contributed by atoms with Crippen LogP contribution in [0, 0.1) is 0 Å². The largest absolute Gasteiger partial charge is 0.497 e. The molecular weight excluding hydrogens is 356 g/mol. The Bertz CT molecular complexity index is 808. The summed E-state index contributed by atoms with van der Waals surface area (Å²) in [6, 6.07) is 15.0. The lowest BCUT2D eigenvalue weighted by atomic mass is 10.1. The van der Waals surface area contributed by atoms with Gasteiger partial charge in [0.05, 0.1) is 13.7 Å². The number of aliphatic imine (C=N–C) groups is 1. The maximum atomic E-state index is 11.7. The molecule has 1 amide bonds. The van der Waals surface area contributed by atoms with Crippen LogP contribution in [-0.4, -0.2) is 45.7 Å². The lowest BCUT2D eigenvalue weighted by molar-refractivity contribution is 0.0963. The Labute approximate surface area is 166 Å². The minimum absolute atomic E-state index is 0.0674. The van der Waals surface area contributed by atoms with Gasteiger partial charge in [0.25, 0.3) is 5.91 Å². The summed E-state index contributed by atoms with van der Waals surface area (Å²) >= 11 is 0. The average molecular weight is 384 g/mol. The first-order chi connectivity index (χ1) is 13.5. The summed E-state index contributed by atoms with van der Waals surface area (Å²) in [5, 5.41) is 9.11. The van der Waals surface area contributed by atoms with Crippen molar-refractivity contribution in [1.29, 1.82) is 0 Å². The number of methoxy groups -OCH3 is 1. The standard InChI is InChI=1S/C21H28N4O3/c1-15(28-19-10-6-9-18(12-19)27-4)13-24-21(23-3)25-14-16-7-5-8-17(11-16)20(26)22-2/h5-12,15H,13-14H2,1-4H3,(H,22,26)(H2,23,24,25). The number of rotatable bonds is 8. The normalized spacial score (nSPS) is 12.1. The third kappa shape index (κ3) is 6.50. The molecule has 0 radical (unpaired) electrons. The van der Waals surface area contributed by atoms with Crippen LogP contribution in [0.1, 0.15) is 22.8 Å². The summed E-state index contributed by atoms with van der Waals surface area (Å²) in [4.78, 5) is 16.0. The summed E-state index contributed by atoms with van der Waals surface area (Å²) in [6.45, 7) is 3.11. The zero-order chi connectivity index (χ0) is 20.4. The average Bonchev–Trinajstić information content (AvgIpc) is 2.73. The molecule has 1 atom stereocenters. The number of amides is 1. The van der Waals surface area contributed by atoms with Crippen molar-refractivity contribution < 1.29 is 14.3 Å². The Hall–Kier alpha value is -3.22. The molecule has 150 valence electrons. The van der Waals surface area contributed by atoms with Gasteiger partial charge in [0.1, 0.15) is 17.6 Å². The van der Waals surface area contributed by atoms with Crippen molar-refractivity contribution in [2.75, 3.05) is 27.7 Å². The van der Waals surface area contributed by atoms with E-state index in [9.17, 15) is 4.79 Å².